The first-order valence-corrected chi connectivity index (χ1v) is 12.7. The van der Waals surface area contributed by atoms with Crippen LogP contribution in [0.15, 0.2) is 83.5 Å². The summed E-state index contributed by atoms with van der Waals surface area (Å²) in [5.41, 5.74) is 3.91. The molecule has 1 N–H and O–H groups in total. The molecule has 194 valence electrons. The van der Waals surface area contributed by atoms with Crippen molar-refractivity contribution in [3.05, 3.63) is 96.1 Å². The number of rotatable bonds is 4. The molecular formula is C31H25N3O5. The third kappa shape index (κ3) is 3.31. The molecule has 1 amide bonds. The van der Waals surface area contributed by atoms with E-state index in [1.165, 1.54) is 6.92 Å². The van der Waals surface area contributed by atoms with Gasteiger partial charge in [-0.15, -0.1) is 0 Å². The summed E-state index contributed by atoms with van der Waals surface area (Å²) in [4.78, 5) is 31.6. The molecular weight excluding hydrogens is 494 g/mol. The van der Waals surface area contributed by atoms with E-state index in [2.05, 4.69) is 16.4 Å². The van der Waals surface area contributed by atoms with Crippen molar-refractivity contribution in [1.29, 1.82) is 0 Å². The Kier molecular flexibility index (Phi) is 5.21. The number of amides is 1. The summed E-state index contributed by atoms with van der Waals surface area (Å²) in [6.07, 6.45) is 3.57. The number of carbonyl (C=O) groups excluding carboxylic acids is 2. The zero-order valence-corrected chi connectivity index (χ0v) is 21.4. The maximum absolute atomic E-state index is 14.7. The van der Waals surface area contributed by atoms with Crippen LogP contribution in [0, 0.1) is 0 Å². The van der Waals surface area contributed by atoms with E-state index in [1.54, 1.807) is 13.3 Å². The number of Topliss-reactive ketones (excluding diaryl/α,β-unsaturated/α-hetero) is 1. The lowest BCUT2D eigenvalue weighted by atomic mass is 9.70. The number of hydrogen-bond acceptors (Lipinski definition) is 6. The topological polar surface area (TPSA) is 95.6 Å². The number of ketones is 1. The van der Waals surface area contributed by atoms with Gasteiger partial charge in [0.15, 0.2) is 17.6 Å². The number of nitrogens with one attached hydrogen (secondary N) is 1. The molecule has 39 heavy (non-hydrogen) atoms. The van der Waals surface area contributed by atoms with Gasteiger partial charge in [0, 0.05) is 42.3 Å². The van der Waals surface area contributed by atoms with Crippen molar-refractivity contribution in [2.75, 3.05) is 13.7 Å². The fraction of sp³-hybridized carbons (Fsp3) is 0.194. The maximum Gasteiger partial charge on any atom is 0.225 e. The third-order valence-electron chi connectivity index (χ3n) is 7.71. The van der Waals surface area contributed by atoms with Crippen LogP contribution in [0.25, 0.3) is 33.4 Å². The number of ether oxygens (including phenoxy) is 2. The number of benzene rings is 3. The SMILES string of the molecule is COCn1cc2c3c(cccc31)-c1cccc3c1OC[C@]3(c1ccccc1)C(=O)C(NC(C)=O)c1ncc-2o1. The van der Waals surface area contributed by atoms with Crippen LogP contribution in [-0.2, 0) is 26.5 Å². The van der Waals surface area contributed by atoms with Crippen LogP contribution in [0.4, 0.5) is 0 Å². The highest BCUT2D eigenvalue weighted by molar-refractivity contribution is 6.08. The molecule has 0 aliphatic carbocycles. The summed E-state index contributed by atoms with van der Waals surface area (Å²) in [5.74, 6) is 0.624. The number of para-hydroxylation sites is 1. The van der Waals surface area contributed by atoms with E-state index in [0.717, 1.165) is 38.7 Å². The quantitative estimate of drug-likeness (QED) is 0.359. The summed E-state index contributed by atoms with van der Waals surface area (Å²) in [5, 5.41) is 3.77. The summed E-state index contributed by atoms with van der Waals surface area (Å²) < 4.78 is 20.2. The van der Waals surface area contributed by atoms with Crippen LogP contribution in [0.3, 0.4) is 0 Å². The van der Waals surface area contributed by atoms with Gasteiger partial charge in [-0.3, -0.25) is 9.59 Å². The molecule has 4 heterocycles. The lowest BCUT2D eigenvalue weighted by molar-refractivity contribution is -0.130. The van der Waals surface area contributed by atoms with Crippen LogP contribution in [0.1, 0.15) is 30.0 Å². The van der Waals surface area contributed by atoms with Gasteiger partial charge in [0.1, 0.15) is 24.5 Å². The minimum absolute atomic E-state index is 0.0827. The van der Waals surface area contributed by atoms with Gasteiger partial charge in [-0.1, -0.05) is 60.7 Å². The van der Waals surface area contributed by atoms with Gasteiger partial charge in [0.05, 0.1) is 11.7 Å². The Morgan fingerprint density at radius 2 is 1.87 bits per heavy atom. The minimum Gasteiger partial charge on any atom is -0.491 e. The Bertz CT molecular complexity index is 1770. The maximum atomic E-state index is 14.7. The minimum atomic E-state index is -1.19. The molecule has 0 fully saturated rings. The standard InChI is InChI=1S/C31H25N3O5/c1-18(35)33-27-29(36)31(19-8-4-3-5-9-19)16-38-28-21(11-6-12-23(28)31)20-10-7-13-24-26(20)22(15-34(24)17-37-2)25-14-32-30(27)39-25/h3-15,27H,16-17H2,1-2H3,(H,33,35)/t27?,31-/m1/s1. The van der Waals surface area contributed by atoms with Gasteiger partial charge in [0.25, 0.3) is 0 Å². The average molecular weight is 520 g/mol. The van der Waals surface area contributed by atoms with Crippen molar-refractivity contribution < 1.29 is 23.5 Å². The number of fused-ring (bicyclic) bond motifs is 4. The Labute approximate surface area is 224 Å². The number of hydrogen-bond donors (Lipinski definition) is 1. The zero-order valence-electron chi connectivity index (χ0n) is 21.4. The third-order valence-corrected chi connectivity index (χ3v) is 7.71. The first kappa shape index (κ1) is 23.4. The smallest absolute Gasteiger partial charge is 0.225 e. The molecule has 8 nitrogen and oxygen atoms in total. The fourth-order valence-corrected chi connectivity index (χ4v) is 6.05. The molecule has 7 rings (SSSR count). The molecule has 5 aromatic rings. The van der Waals surface area contributed by atoms with E-state index in [-0.39, 0.29) is 24.2 Å². The largest absolute Gasteiger partial charge is 0.491 e. The predicted octanol–water partition coefficient (Wildman–Crippen LogP) is 5.01. The molecule has 2 aliphatic heterocycles. The van der Waals surface area contributed by atoms with E-state index in [1.807, 2.05) is 71.4 Å². The molecule has 0 saturated heterocycles. The van der Waals surface area contributed by atoms with E-state index in [4.69, 9.17) is 13.9 Å². The second-order valence-electron chi connectivity index (χ2n) is 9.93. The number of methoxy groups -OCH3 is 1. The Morgan fingerprint density at radius 1 is 1.08 bits per heavy atom. The monoisotopic (exact) mass is 519 g/mol. The highest BCUT2D eigenvalue weighted by atomic mass is 16.5. The van der Waals surface area contributed by atoms with E-state index in [0.29, 0.717) is 18.2 Å². The summed E-state index contributed by atoms with van der Waals surface area (Å²) in [6.45, 7) is 1.80. The normalized spacial score (nSPS) is 19.3. The van der Waals surface area contributed by atoms with Crippen molar-refractivity contribution in [3.63, 3.8) is 0 Å². The highest BCUT2D eigenvalue weighted by Gasteiger charge is 2.53. The van der Waals surface area contributed by atoms with Gasteiger partial charge >= 0.3 is 0 Å². The number of carbonyl (C=O) groups is 2. The molecule has 3 aromatic carbocycles. The van der Waals surface area contributed by atoms with Crippen molar-refractivity contribution in [2.45, 2.75) is 25.1 Å². The van der Waals surface area contributed by atoms with Crippen molar-refractivity contribution in [1.82, 2.24) is 14.9 Å². The lowest BCUT2D eigenvalue weighted by Gasteiger charge is -2.30. The predicted molar refractivity (Wildman–Crippen MR) is 144 cm³/mol. The molecule has 6 bridgehead atoms. The van der Waals surface area contributed by atoms with Gasteiger partial charge in [0.2, 0.25) is 11.8 Å². The van der Waals surface area contributed by atoms with E-state index < -0.39 is 11.5 Å². The Hall–Kier alpha value is -4.69. The molecule has 2 aromatic heterocycles. The first-order chi connectivity index (χ1) is 19.0. The highest BCUT2D eigenvalue weighted by Crippen LogP contribution is 2.52. The van der Waals surface area contributed by atoms with Crippen molar-refractivity contribution >= 4 is 22.6 Å². The Morgan fingerprint density at radius 3 is 2.67 bits per heavy atom. The summed E-state index contributed by atoms with van der Waals surface area (Å²) >= 11 is 0. The fourth-order valence-electron chi connectivity index (χ4n) is 6.05. The van der Waals surface area contributed by atoms with Gasteiger partial charge in [-0.2, -0.15) is 0 Å². The second kappa shape index (κ2) is 8.68. The van der Waals surface area contributed by atoms with Gasteiger partial charge in [-0.05, 0) is 17.2 Å². The molecule has 0 spiro atoms. The summed E-state index contributed by atoms with van der Waals surface area (Å²) in [7, 11) is 1.65. The van der Waals surface area contributed by atoms with Gasteiger partial charge in [-0.25, -0.2) is 4.98 Å². The average Bonchev–Trinajstić information content (AvgIpc) is 3.68. The molecule has 0 radical (unpaired) electrons. The van der Waals surface area contributed by atoms with Crippen LogP contribution in [0.2, 0.25) is 0 Å². The van der Waals surface area contributed by atoms with Gasteiger partial charge < -0.3 is 23.8 Å². The number of aromatic nitrogens is 2. The van der Waals surface area contributed by atoms with Crippen LogP contribution in [-0.4, -0.2) is 35.0 Å². The van der Waals surface area contributed by atoms with Crippen LogP contribution in [0.5, 0.6) is 5.75 Å². The number of oxazole rings is 1. The molecule has 0 saturated carbocycles. The zero-order chi connectivity index (χ0) is 26.7. The number of nitrogens with zero attached hydrogens (tertiary/aromatic N) is 2. The second-order valence-corrected chi connectivity index (χ2v) is 9.93. The van der Waals surface area contributed by atoms with Crippen molar-refractivity contribution in [3.8, 4) is 28.2 Å². The van der Waals surface area contributed by atoms with Crippen LogP contribution >= 0.6 is 0 Å². The molecule has 2 atom stereocenters. The van der Waals surface area contributed by atoms with E-state index >= 15 is 0 Å². The molecule has 2 aliphatic rings. The molecule has 8 heteroatoms. The van der Waals surface area contributed by atoms with Crippen LogP contribution < -0.4 is 10.1 Å². The van der Waals surface area contributed by atoms with Crippen molar-refractivity contribution in [2.24, 2.45) is 0 Å². The summed E-state index contributed by atoms with van der Waals surface area (Å²) in [6, 6.07) is 20.4. The lowest BCUT2D eigenvalue weighted by Crippen LogP contribution is -2.47. The first-order valence-electron chi connectivity index (χ1n) is 12.7. The Balaban J connectivity index is 1.62. The van der Waals surface area contributed by atoms with E-state index in [9.17, 15) is 9.59 Å². The molecule has 1 unspecified atom stereocenters.